The first-order valence-corrected chi connectivity index (χ1v) is 8.88. The van der Waals surface area contributed by atoms with Crippen LogP contribution in [0.1, 0.15) is 12.6 Å². The van der Waals surface area contributed by atoms with Crippen molar-refractivity contribution < 1.29 is 13.2 Å². The molecule has 4 aromatic heterocycles. The quantitative estimate of drug-likeness (QED) is 0.496. The van der Waals surface area contributed by atoms with E-state index in [0.29, 0.717) is 17.0 Å². The Kier molecular flexibility index (Phi) is 3.91. The standard InChI is InChI=1S/C17H14F3N5S/c1-3-26-16-14(23-13-6-4-5-7-25(13)16)15-22-10-8-12(17(18,19)20)21-9-11(10)24(15)2/h4-9H,3H2,1-2H3. The molecule has 0 aromatic carbocycles. The summed E-state index contributed by atoms with van der Waals surface area (Å²) in [6.07, 6.45) is -1.38. The highest BCUT2D eigenvalue weighted by Crippen LogP contribution is 2.34. The lowest BCUT2D eigenvalue weighted by molar-refractivity contribution is -0.141. The van der Waals surface area contributed by atoms with Gasteiger partial charge in [0.1, 0.15) is 22.1 Å². The van der Waals surface area contributed by atoms with Gasteiger partial charge in [-0.25, -0.2) is 15.0 Å². The Balaban J connectivity index is 1.96. The Morgan fingerprint density at radius 1 is 1.19 bits per heavy atom. The van der Waals surface area contributed by atoms with Crippen LogP contribution in [0.3, 0.4) is 0 Å². The first kappa shape index (κ1) is 16.9. The van der Waals surface area contributed by atoms with E-state index in [2.05, 4.69) is 15.0 Å². The second kappa shape index (κ2) is 6.01. The topological polar surface area (TPSA) is 48.0 Å². The van der Waals surface area contributed by atoms with E-state index in [4.69, 9.17) is 0 Å². The van der Waals surface area contributed by atoms with Crippen molar-refractivity contribution in [1.82, 2.24) is 23.9 Å². The van der Waals surface area contributed by atoms with Crippen LogP contribution < -0.4 is 0 Å². The van der Waals surface area contributed by atoms with Gasteiger partial charge in [-0.1, -0.05) is 13.0 Å². The molecule has 0 bridgehead atoms. The van der Waals surface area contributed by atoms with E-state index in [9.17, 15) is 13.2 Å². The average molecular weight is 377 g/mol. The smallest absolute Gasteiger partial charge is 0.324 e. The third kappa shape index (κ3) is 2.63. The minimum Gasteiger partial charge on any atom is -0.324 e. The lowest BCUT2D eigenvalue weighted by Gasteiger charge is -2.05. The number of nitrogens with zero attached hydrogens (tertiary/aromatic N) is 5. The second-order valence-electron chi connectivity index (χ2n) is 5.68. The summed E-state index contributed by atoms with van der Waals surface area (Å²) in [6, 6.07) is 6.66. The maximum atomic E-state index is 12.9. The Morgan fingerprint density at radius 3 is 2.73 bits per heavy atom. The molecule has 0 aliphatic carbocycles. The van der Waals surface area contributed by atoms with E-state index in [-0.39, 0.29) is 5.52 Å². The third-order valence-electron chi connectivity index (χ3n) is 4.04. The van der Waals surface area contributed by atoms with Gasteiger partial charge >= 0.3 is 6.18 Å². The van der Waals surface area contributed by atoms with Crippen molar-refractivity contribution in [3.63, 3.8) is 0 Å². The monoisotopic (exact) mass is 377 g/mol. The minimum atomic E-state index is -4.50. The molecule has 4 rings (SSSR count). The van der Waals surface area contributed by atoms with E-state index in [0.717, 1.165) is 22.5 Å². The fourth-order valence-electron chi connectivity index (χ4n) is 2.85. The number of aryl methyl sites for hydroxylation is 1. The summed E-state index contributed by atoms with van der Waals surface area (Å²) in [5.41, 5.74) is 1.23. The molecule has 0 amide bonds. The van der Waals surface area contributed by atoms with Crippen LogP contribution in [0.2, 0.25) is 0 Å². The molecule has 0 saturated carbocycles. The van der Waals surface area contributed by atoms with Crippen LogP contribution in [-0.4, -0.2) is 29.7 Å². The van der Waals surface area contributed by atoms with Crippen LogP contribution in [0.15, 0.2) is 41.7 Å². The predicted molar refractivity (Wildman–Crippen MR) is 94.1 cm³/mol. The lowest BCUT2D eigenvalue weighted by atomic mass is 10.3. The van der Waals surface area contributed by atoms with Crippen LogP contribution in [0.25, 0.3) is 28.2 Å². The van der Waals surface area contributed by atoms with Gasteiger partial charge in [-0.15, -0.1) is 11.8 Å². The summed E-state index contributed by atoms with van der Waals surface area (Å²) in [5, 5.41) is 0.908. The number of hydrogen-bond acceptors (Lipinski definition) is 4. The summed E-state index contributed by atoms with van der Waals surface area (Å²) in [4.78, 5) is 12.6. The Morgan fingerprint density at radius 2 is 2.00 bits per heavy atom. The van der Waals surface area contributed by atoms with E-state index in [1.165, 1.54) is 6.20 Å². The van der Waals surface area contributed by atoms with Crippen molar-refractivity contribution in [2.45, 2.75) is 18.1 Å². The molecule has 0 N–H and O–H groups in total. The number of pyridine rings is 2. The largest absolute Gasteiger partial charge is 0.433 e. The van der Waals surface area contributed by atoms with Gasteiger partial charge in [0.2, 0.25) is 0 Å². The molecule has 0 radical (unpaired) electrons. The third-order valence-corrected chi connectivity index (χ3v) is 4.99. The van der Waals surface area contributed by atoms with Gasteiger partial charge in [0, 0.05) is 13.2 Å². The molecule has 5 nitrogen and oxygen atoms in total. The SMILES string of the molecule is CCSc1c(-c2nc3cc(C(F)(F)F)ncc3n2C)nc2ccccn12. The zero-order valence-electron chi connectivity index (χ0n) is 13.9. The minimum absolute atomic E-state index is 0.245. The molecule has 134 valence electrons. The predicted octanol–water partition coefficient (Wildman–Crippen LogP) is 4.41. The number of thioether (sulfide) groups is 1. The molecular weight excluding hydrogens is 363 g/mol. The van der Waals surface area contributed by atoms with Gasteiger partial charge in [0.05, 0.1) is 17.2 Å². The summed E-state index contributed by atoms with van der Waals surface area (Å²) in [7, 11) is 1.75. The normalized spacial score (nSPS) is 12.3. The van der Waals surface area contributed by atoms with Gasteiger partial charge in [0.25, 0.3) is 0 Å². The molecule has 0 aliphatic heterocycles. The summed E-state index contributed by atoms with van der Waals surface area (Å²) in [6.45, 7) is 2.03. The summed E-state index contributed by atoms with van der Waals surface area (Å²) in [5.74, 6) is 1.35. The van der Waals surface area contributed by atoms with E-state index < -0.39 is 11.9 Å². The molecule has 9 heteroatoms. The molecular formula is C17H14F3N5S. The van der Waals surface area contributed by atoms with E-state index in [1.54, 1.807) is 23.4 Å². The Bertz CT molecular complexity index is 1110. The summed E-state index contributed by atoms with van der Waals surface area (Å²) >= 11 is 1.61. The molecule has 0 aliphatic rings. The van der Waals surface area contributed by atoms with Gasteiger partial charge in [-0.3, -0.25) is 4.40 Å². The molecule has 0 unspecified atom stereocenters. The number of halogens is 3. The second-order valence-corrected chi connectivity index (χ2v) is 6.93. The number of imidazole rings is 2. The van der Waals surface area contributed by atoms with Crippen molar-refractivity contribution in [3.8, 4) is 11.5 Å². The number of alkyl halides is 3. The van der Waals surface area contributed by atoms with Crippen LogP contribution in [0.5, 0.6) is 0 Å². The van der Waals surface area contributed by atoms with Crippen molar-refractivity contribution in [1.29, 1.82) is 0 Å². The zero-order chi connectivity index (χ0) is 18.5. The molecule has 4 heterocycles. The maximum Gasteiger partial charge on any atom is 0.433 e. The highest BCUT2D eigenvalue weighted by Gasteiger charge is 2.33. The van der Waals surface area contributed by atoms with Crippen molar-refractivity contribution >= 4 is 28.4 Å². The van der Waals surface area contributed by atoms with Crippen LogP contribution >= 0.6 is 11.8 Å². The van der Waals surface area contributed by atoms with Crippen molar-refractivity contribution in [2.24, 2.45) is 7.05 Å². The molecule has 0 saturated heterocycles. The first-order valence-electron chi connectivity index (χ1n) is 7.90. The van der Waals surface area contributed by atoms with Gasteiger partial charge < -0.3 is 4.57 Å². The fourth-order valence-corrected chi connectivity index (χ4v) is 3.69. The maximum absolute atomic E-state index is 12.9. The number of aromatic nitrogens is 5. The molecule has 0 atom stereocenters. The molecule has 4 aromatic rings. The molecule has 0 fully saturated rings. The lowest BCUT2D eigenvalue weighted by Crippen LogP contribution is -2.07. The number of fused-ring (bicyclic) bond motifs is 2. The van der Waals surface area contributed by atoms with Gasteiger partial charge in [-0.2, -0.15) is 13.2 Å². The highest BCUT2D eigenvalue weighted by atomic mass is 32.2. The average Bonchev–Trinajstić information content (AvgIpc) is 3.13. The van der Waals surface area contributed by atoms with Crippen LogP contribution in [0, 0.1) is 0 Å². The summed E-state index contributed by atoms with van der Waals surface area (Å²) < 4.78 is 42.5. The van der Waals surface area contributed by atoms with E-state index >= 15 is 0 Å². The van der Waals surface area contributed by atoms with Crippen molar-refractivity contribution in [2.75, 3.05) is 5.75 Å². The number of rotatable bonds is 3. The van der Waals surface area contributed by atoms with Gasteiger partial charge in [-0.05, 0) is 24.0 Å². The van der Waals surface area contributed by atoms with Gasteiger partial charge in [0.15, 0.2) is 5.82 Å². The van der Waals surface area contributed by atoms with Crippen molar-refractivity contribution in [3.05, 3.63) is 42.4 Å². The Hall–Kier alpha value is -2.55. The first-order chi connectivity index (χ1) is 12.4. The Labute approximate surface area is 150 Å². The van der Waals surface area contributed by atoms with Crippen LogP contribution in [-0.2, 0) is 13.2 Å². The molecule has 26 heavy (non-hydrogen) atoms. The van der Waals surface area contributed by atoms with E-state index in [1.807, 2.05) is 35.7 Å². The fraction of sp³-hybridized carbons (Fsp3) is 0.235. The highest BCUT2D eigenvalue weighted by molar-refractivity contribution is 7.99. The van der Waals surface area contributed by atoms with Crippen LogP contribution in [0.4, 0.5) is 13.2 Å². The number of hydrogen-bond donors (Lipinski definition) is 0. The molecule has 0 spiro atoms. The zero-order valence-corrected chi connectivity index (χ0v) is 14.8.